The number of benzene rings is 1. The van der Waals surface area contributed by atoms with Gasteiger partial charge in [-0.15, -0.1) is 0 Å². The maximum Gasteiger partial charge on any atom is 0.410 e. The van der Waals surface area contributed by atoms with Crippen LogP contribution in [0.2, 0.25) is 0 Å². The molecule has 1 saturated heterocycles. The van der Waals surface area contributed by atoms with E-state index < -0.39 is 11.4 Å². The first kappa shape index (κ1) is 23.3. The highest BCUT2D eigenvalue weighted by molar-refractivity contribution is 5.69. The molecule has 0 spiro atoms. The van der Waals surface area contributed by atoms with Crippen molar-refractivity contribution in [3.05, 3.63) is 53.3 Å². The fourth-order valence-corrected chi connectivity index (χ4v) is 3.58. The van der Waals surface area contributed by atoms with Crippen LogP contribution in [0.5, 0.6) is 5.88 Å². The van der Waals surface area contributed by atoms with E-state index in [1.165, 1.54) is 12.1 Å². The molecule has 1 fully saturated rings. The van der Waals surface area contributed by atoms with E-state index in [9.17, 15) is 9.18 Å². The zero-order valence-corrected chi connectivity index (χ0v) is 19.2. The number of piperazine rings is 1. The summed E-state index contributed by atoms with van der Waals surface area (Å²) in [5.41, 5.74) is -0.304. The summed E-state index contributed by atoms with van der Waals surface area (Å²) >= 11 is 0. The van der Waals surface area contributed by atoms with Crippen molar-refractivity contribution in [2.24, 2.45) is 0 Å². The van der Waals surface area contributed by atoms with Gasteiger partial charge in [0.1, 0.15) is 23.8 Å². The Balaban J connectivity index is 1.68. The second-order valence-electron chi connectivity index (χ2n) is 9.41. The highest BCUT2D eigenvalue weighted by atomic mass is 19.1. The Kier molecular flexibility index (Phi) is 6.58. The smallest absolute Gasteiger partial charge is 0.410 e. The normalized spacial score (nSPS) is 15.8. The molecule has 0 aliphatic carbocycles. The molecular formula is C24H29FN4O3. The van der Waals surface area contributed by atoms with Crippen LogP contribution in [-0.2, 0) is 11.3 Å². The standard InChI is InChI=1S/C24H29FN4O3/c1-23(2,3)32-22(30)28-11-12-29(24(4,5)16-28)20-7-6-8-21(27-20)31-15-18-10-9-17(14-26)13-19(18)25/h6-10,13H,11-12,15-16H2,1-5H3. The van der Waals surface area contributed by atoms with Gasteiger partial charge >= 0.3 is 6.09 Å². The third-order valence-corrected chi connectivity index (χ3v) is 5.10. The lowest BCUT2D eigenvalue weighted by Gasteiger charge is -2.47. The minimum Gasteiger partial charge on any atom is -0.473 e. The van der Waals surface area contributed by atoms with E-state index in [4.69, 9.17) is 14.7 Å². The molecule has 32 heavy (non-hydrogen) atoms. The number of nitrogens with zero attached hydrogens (tertiary/aromatic N) is 4. The number of rotatable bonds is 4. The molecule has 0 atom stereocenters. The number of aromatic nitrogens is 1. The molecule has 0 saturated carbocycles. The van der Waals surface area contributed by atoms with Crippen molar-refractivity contribution in [1.82, 2.24) is 9.88 Å². The molecule has 1 aliphatic rings. The predicted molar refractivity (Wildman–Crippen MR) is 119 cm³/mol. The van der Waals surface area contributed by atoms with Crippen LogP contribution in [0.3, 0.4) is 0 Å². The van der Waals surface area contributed by atoms with E-state index in [1.54, 1.807) is 17.0 Å². The summed E-state index contributed by atoms with van der Waals surface area (Å²) in [5, 5.41) is 8.86. The highest BCUT2D eigenvalue weighted by Gasteiger charge is 2.38. The topological polar surface area (TPSA) is 78.7 Å². The Labute approximate surface area is 188 Å². The lowest BCUT2D eigenvalue weighted by molar-refractivity contribution is 0.0178. The summed E-state index contributed by atoms with van der Waals surface area (Å²) in [6.07, 6.45) is -0.320. The highest BCUT2D eigenvalue weighted by Crippen LogP contribution is 2.29. The van der Waals surface area contributed by atoms with Crippen molar-refractivity contribution in [2.45, 2.75) is 52.4 Å². The van der Waals surface area contributed by atoms with E-state index in [1.807, 2.05) is 52.8 Å². The van der Waals surface area contributed by atoms with Gasteiger partial charge in [-0.05, 0) is 52.8 Å². The molecule has 0 bridgehead atoms. The van der Waals surface area contributed by atoms with Crippen LogP contribution in [0.15, 0.2) is 36.4 Å². The minimum atomic E-state index is -0.542. The number of amides is 1. The van der Waals surface area contributed by atoms with Gasteiger partial charge in [0.25, 0.3) is 0 Å². The van der Waals surface area contributed by atoms with Crippen LogP contribution in [0, 0.1) is 17.1 Å². The molecule has 0 N–H and O–H groups in total. The number of halogens is 1. The Bertz CT molecular complexity index is 1030. The molecule has 0 unspecified atom stereocenters. The number of carbonyl (C=O) groups is 1. The quantitative estimate of drug-likeness (QED) is 0.696. The van der Waals surface area contributed by atoms with Crippen molar-refractivity contribution in [1.29, 1.82) is 5.26 Å². The summed E-state index contributed by atoms with van der Waals surface area (Å²) in [6, 6.07) is 11.6. The summed E-state index contributed by atoms with van der Waals surface area (Å²) in [5.74, 6) is 0.605. The lowest BCUT2D eigenvalue weighted by Crippen LogP contribution is -2.61. The van der Waals surface area contributed by atoms with Gasteiger partial charge < -0.3 is 19.3 Å². The molecule has 1 amide bonds. The first-order chi connectivity index (χ1) is 15.0. The number of anilines is 1. The van der Waals surface area contributed by atoms with Gasteiger partial charge in [-0.3, -0.25) is 0 Å². The number of hydrogen-bond donors (Lipinski definition) is 0. The Morgan fingerprint density at radius 1 is 1.25 bits per heavy atom. The van der Waals surface area contributed by atoms with Crippen molar-refractivity contribution in [2.75, 3.05) is 24.5 Å². The Morgan fingerprint density at radius 3 is 2.62 bits per heavy atom. The molecule has 170 valence electrons. The summed E-state index contributed by atoms with van der Waals surface area (Å²) < 4.78 is 25.3. The first-order valence-corrected chi connectivity index (χ1v) is 10.5. The maximum atomic E-state index is 14.1. The van der Waals surface area contributed by atoms with Crippen molar-refractivity contribution in [3.63, 3.8) is 0 Å². The number of hydrogen-bond acceptors (Lipinski definition) is 6. The van der Waals surface area contributed by atoms with Gasteiger partial charge in [0.2, 0.25) is 5.88 Å². The number of ether oxygens (including phenoxy) is 2. The number of carbonyl (C=O) groups excluding carboxylic acids is 1. The average Bonchev–Trinajstić information content (AvgIpc) is 2.71. The SMILES string of the molecule is CC(C)(C)OC(=O)N1CCN(c2cccc(OCc3ccc(C#N)cc3F)n2)C(C)(C)C1. The van der Waals surface area contributed by atoms with E-state index >= 15 is 0 Å². The summed E-state index contributed by atoms with van der Waals surface area (Å²) in [4.78, 5) is 20.9. The van der Waals surface area contributed by atoms with Crippen molar-refractivity contribution in [3.8, 4) is 11.9 Å². The van der Waals surface area contributed by atoms with Gasteiger partial charge in [-0.25, -0.2) is 9.18 Å². The molecule has 0 radical (unpaired) electrons. The van der Waals surface area contributed by atoms with Gasteiger partial charge in [0, 0.05) is 31.3 Å². The fraction of sp³-hybridized carbons (Fsp3) is 0.458. The van der Waals surface area contributed by atoms with Crippen LogP contribution in [0.4, 0.5) is 15.0 Å². The molecule has 1 aliphatic heterocycles. The summed E-state index contributed by atoms with van der Waals surface area (Å²) in [7, 11) is 0. The van der Waals surface area contributed by atoms with Crippen LogP contribution in [0.1, 0.15) is 45.7 Å². The molecule has 2 aromatic rings. The maximum absolute atomic E-state index is 14.1. The Morgan fingerprint density at radius 2 is 2.00 bits per heavy atom. The number of pyridine rings is 1. The second kappa shape index (κ2) is 9.03. The molecular weight excluding hydrogens is 411 g/mol. The molecule has 2 heterocycles. The minimum absolute atomic E-state index is 0.00378. The van der Waals surface area contributed by atoms with Gasteiger partial charge in [-0.2, -0.15) is 10.2 Å². The largest absolute Gasteiger partial charge is 0.473 e. The van der Waals surface area contributed by atoms with Gasteiger partial charge in [-0.1, -0.05) is 12.1 Å². The Hall–Kier alpha value is -3.34. The van der Waals surface area contributed by atoms with E-state index in [-0.39, 0.29) is 23.8 Å². The third kappa shape index (κ3) is 5.67. The van der Waals surface area contributed by atoms with Crippen LogP contribution >= 0.6 is 0 Å². The van der Waals surface area contributed by atoms with Crippen molar-refractivity contribution >= 4 is 11.9 Å². The van der Waals surface area contributed by atoms with Crippen LogP contribution in [0.25, 0.3) is 0 Å². The lowest BCUT2D eigenvalue weighted by atomic mass is 9.99. The zero-order chi connectivity index (χ0) is 23.5. The van der Waals surface area contributed by atoms with E-state index in [2.05, 4.69) is 9.88 Å². The molecule has 3 rings (SSSR count). The third-order valence-electron chi connectivity index (χ3n) is 5.10. The van der Waals surface area contributed by atoms with Gasteiger partial charge in [0.15, 0.2) is 0 Å². The average molecular weight is 441 g/mol. The van der Waals surface area contributed by atoms with Gasteiger partial charge in [0.05, 0.1) is 17.2 Å². The first-order valence-electron chi connectivity index (χ1n) is 10.5. The molecule has 8 heteroatoms. The fourth-order valence-electron chi connectivity index (χ4n) is 3.58. The molecule has 1 aromatic carbocycles. The monoisotopic (exact) mass is 440 g/mol. The predicted octanol–water partition coefficient (Wildman–Crippen LogP) is 4.51. The summed E-state index contributed by atoms with van der Waals surface area (Å²) in [6.45, 7) is 11.3. The second-order valence-corrected chi connectivity index (χ2v) is 9.41. The van der Waals surface area contributed by atoms with E-state index in [0.717, 1.165) is 5.82 Å². The molecule has 7 nitrogen and oxygen atoms in total. The van der Waals surface area contributed by atoms with Crippen LogP contribution < -0.4 is 9.64 Å². The van der Waals surface area contributed by atoms with Crippen LogP contribution in [-0.4, -0.2) is 46.8 Å². The molecule has 1 aromatic heterocycles. The van der Waals surface area contributed by atoms with E-state index in [0.29, 0.717) is 31.1 Å². The number of nitriles is 1. The van der Waals surface area contributed by atoms with Crippen molar-refractivity contribution < 1.29 is 18.7 Å². The zero-order valence-electron chi connectivity index (χ0n) is 19.2.